The van der Waals surface area contributed by atoms with Crippen LogP contribution < -0.4 is 15.4 Å². The van der Waals surface area contributed by atoms with E-state index in [1.54, 1.807) is 20.8 Å². The van der Waals surface area contributed by atoms with E-state index >= 15 is 0 Å². The van der Waals surface area contributed by atoms with Crippen molar-refractivity contribution in [1.29, 1.82) is 0 Å². The first-order valence-electron chi connectivity index (χ1n) is 8.44. The van der Waals surface area contributed by atoms with Gasteiger partial charge in [0.25, 0.3) is 0 Å². The maximum atomic E-state index is 12.5. The monoisotopic (exact) mass is 553 g/mol. The van der Waals surface area contributed by atoms with E-state index in [-0.39, 0.29) is 48.6 Å². The third-order valence-corrected chi connectivity index (χ3v) is 6.43. The molecule has 0 spiro atoms. The number of hydrogen-bond acceptors (Lipinski definition) is 4. The maximum absolute atomic E-state index is 12.5. The fraction of sp³-hybridized carbons (Fsp3) is 0.588. The molecule has 0 amide bonds. The molecule has 1 aromatic rings. The minimum atomic E-state index is -3.27. The molecule has 0 saturated carbocycles. The van der Waals surface area contributed by atoms with E-state index in [0.29, 0.717) is 23.1 Å². The van der Waals surface area contributed by atoms with Crippen LogP contribution in [0.2, 0.25) is 5.02 Å². The second-order valence-electron chi connectivity index (χ2n) is 6.68. The van der Waals surface area contributed by atoms with Crippen molar-refractivity contribution >= 4 is 51.4 Å². The van der Waals surface area contributed by atoms with E-state index in [0.717, 1.165) is 0 Å². The summed E-state index contributed by atoms with van der Waals surface area (Å²) in [5.41, 5.74) is 0.391. The average molecular weight is 554 g/mol. The van der Waals surface area contributed by atoms with Crippen LogP contribution >= 0.6 is 35.6 Å². The number of guanidine groups is 1. The summed E-state index contributed by atoms with van der Waals surface area (Å²) in [4.78, 5) is 4.29. The van der Waals surface area contributed by atoms with Gasteiger partial charge in [0, 0.05) is 23.7 Å². The van der Waals surface area contributed by atoms with Crippen LogP contribution in [-0.4, -0.2) is 44.6 Å². The lowest BCUT2D eigenvalue weighted by Gasteiger charge is -2.20. The van der Waals surface area contributed by atoms with Gasteiger partial charge in [-0.1, -0.05) is 11.6 Å². The Morgan fingerprint density at radius 1 is 1.29 bits per heavy atom. The van der Waals surface area contributed by atoms with Crippen LogP contribution in [0.3, 0.4) is 0 Å². The van der Waals surface area contributed by atoms with Crippen LogP contribution in [0.4, 0.5) is 8.78 Å². The fourth-order valence-electron chi connectivity index (χ4n) is 2.00. The Morgan fingerprint density at radius 3 is 2.46 bits per heavy atom. The van der Waals surface area contributed by atoms with Gasteiger partial charge in [-0.25, -0.2) is 13.4 Å². The Hall–Kier alpha value is -0.880. The molecule has 0 aliphatic rings. The molecule has 162 valence electrons. The molecule has 0 atom stereocenters. The molecule has 6 nitrogen and oxygen atoms in total. The Kier molecular flexibility index (Phi) is 11.6. The minimum Gasteiger partial charge on any atom is -0.434 e. The molecule has 0 fully saturated rings. The summed E-state index contributed by atoms with van der Waals surface area (Å²) < 4.78 is 53.0. The molecule has 0 bridgehead atoms. The zero-order valence-electron chi connectivity index (χ0n) is 16.3. The number of sulfone groups is 1. The number of alkyl halides is 2. The van der Waals surface area contributed by atoms with Crippen molar-refractivity contribution in [3.05, 3.63) is 28.8 Å². The topological polar surface area (TPSA) is 79.8 Å². The molecule has 0 radical (unpaired) electrons. The molecule has 1 aromatic carbocycles. The molecule has 0 heterocycles. The van der Waals surface area contributed by atoms with Crippen LogP contribution in [-0.2, 0) is 16.4 Å². The third-order valence-electron chi connectivity index (χ3n) is 3.59. The summed E-state index contributed by atoms with van der Waals surface area (Å²) in [6, 6.07) is 4.30. The number of rotatable bonds is 8. The second kappa shape index (κ2) is 12.0. The van der Waals surface area contributed by atoms with Gasteiger partial charge in [-0.15, -0.1) is 24.0 Å². The van der Waals surface area contributed by atoms with Crippen molar-refractivity contribution in [3.8, 4) is 5.75 Å². The van der Waals surface area contributed by atoms with Crippen molar-refractivity contribution in [3.63, 3.8) is 0 Å². The number of halogens is 4. The molecule has 0 unspecified atom stereocenters. The van der Waals surface area contributed by atoms with Crippen LogP contribution in [0.15, 0.2) is 23.2 Å². The van der Waals surface area contributed by atoms with E-state index < -0.39 is 21.2 Å². The Morgan fingerprint density at radius 2 is 1.93 bits per heavy atom. The quantitative estimate of drug-likeness (QED) is 0.291. The molecule has 0 aliphatic carbocycles. The maximum Gasteiger partial charge on any atom is 0.387 e. The standard InChI is InChI=1S/C17H26ClF2N3O3S.HI/c1-5-21-16(22-8-9-27(24,25)17(2,3)4)23-11-12-10-13(18)6-7-14(12)26-15(19)20;/h6-7,10,15H,5,8-9,11H2,1-4H3,(H2,21,22,23);1H. The fourth-order valence-corrected chi connectivity index (χ4v) is 3.18. The lowest BCUT2D eigenvalue weighted by Crippen LogP contribution is -2.41. The van der Waals surface area contributed by atoms with Crippen molar-refractivity contribution in [1.82, 2.24) is 10.6 Å². The van der Waals surface area contributed by atoms with Crippen molar-refractivity contribution in [2.45, 2.75) is 45.6 Å². The summed E-state index contributed by atoms with van der Waals surface area (Å²) in [7, 11) is -3.27. The smallest absolute Gasteiger partial charge is 0.387 e. The molecule has 28 heavy (non-hydrogen) atoms. The number of aliphatic imine (C=N–C) groups is 1. The van der Waals surface area contributed by atoms with Crippen LogP contribution in [0.1, 0.15) is 33.3 Å². The zero-order valence-corrected chi connectivity index (χ0v) is 20.2. The molecular formula is C17H27ClF2IN3O3S. The highest BCUT2D eigenvalue weighted by Crippen LogP contribution is 2.25. The lowest BCUT2D eigenvalue weighted by molar-refractivity contribution is -0.0504. The molecule has 0 aliphatic heterocycles. The normalized spacial score (nSPS) is 12.5. The van der Waals surface area contributed by atoms with Gasteiger partial charge in [-0.05, 0) is 45.9 Å². The van der Waals surface area contributed by atoms with E-state index in [4.69, 9.17) is 11.6 Å². The number of ether oxygens (including phenoxy) is 1. The molecular weight excluding hydrogens is 527 g/mol. The van der Waals surface area contributed by atoms with E-state index in [9.17, 15) is 17.2 Å². The number of nitrogens with one attached hydrogen (secondary N) is 2. The third kappa shape index (κ3) is 9.08. The van der Waals surface area contributed by atoms with Gasteiger partial charge in [0.05, 0.1) is 17.0 Å². The summed E-state index contributed by atoms with van der Waals surface area (Å²) in [6.07, 6.45) is 0. The molecule has 1 rings (SSSR count). The van der Waals surface area contributed by atoms with Gasteiger partial charge in [0.15, 0.2) is 15.8 Å². The first-order chi connectivity index (χ1) is 12.5. The highest BCUT2D eigenvalue weighted by Gasteiger charge is 2.28. The Labute approximate surface area is 187 Å². The Balaban J connectivity index is 0.00000729. The molecule has 0 saturated heterocycles. The SMILES string of the molecule is CCNC(=NCc1cc(Cl)ccc1OC(F)F)NCCS(=O)(=O)C(C)(C)C.I. The van der Waals surface area contributed by atoms with Gasteiger partial charge in [0.1, 0.15) is 5.75 Å². The second-order valence-corrected chi connectivity index (χ2v) is 9.98. The van der Waals surface area contributed by atoms with Gasteiger partial charge in [-0.3, -0.25) is 0 Å². The Bertz CT molecular complexity index is 757. The molecule has 2 N–H and O–H groups in total. The summed E-state index contributed by atoms with van der Waals surface area (Å²) in [5, 5.41) is 6.28. The number of nitrogens with zero attached hydrogens (tertiary/aromatic N) is 1. The highest BCUT2D eigenvalue weighted by molar-refractivity contribution is 14.0. The zero-order chi connectivity index (χ0) is 20.7. The van der Waals surface area contributed by atoms with Crippen molar-refractivity contribution < 1.29 is 21.9 Å². The van der Waals surface area contributed by atoms with Gasteiger partial charge in [-0.2, -0.15) is 8.78 Å². The highest BCUT2D eigenvalue weighted by atomic mass is 127. The minimum absolute atomic E-state index is 0. The van der Waals surface area contributed by atoms with E-state index in [2.05, 4.69) is 20.4 Å². The average Bonchev–Trinajstić information content (AvgIpc) is 2.53. The number of hydrogen-bond donors (Lipinski definition) is 2. The van der Waals surface area contributed by atoms with E-state index in [1.165, 1.54) is 18.2 Å². The van der Waals surface area contributed by atoms with Crippen molar-refractivity contribution in [2.24, 2.45) is 4.99 Å². The summed E-state index contributed by atoms with van der Waals surface area (Å²) >= 11 is 5.92. The largest absolute Gasteiger partial charge is 0.434 e. The predicted molar refractivity (Wildman–Crippen MR) is 120 cm³/mol. The predicted octanol–water partition coefficient (Wildman–Crippen LogP) is 3.83. The molecule has 0 aromatic heterocycles. The van der Waals surface area contributed by atoms with Crippen LogP contribution in [0, 0.1) is 0 Å². The first kappa shape index (κ1) is 27.1. The summed E-state index contributed by atoms with van der Waals surface area (Å²) in [6.45, 7) is 4.58. The van der Waals surface area contributed by atoms with Gasteiger partial charge >= 0.3 is 6.61 Å². The van der Waals surface area contributed by atoms with Gasteiger partial charge < -0.3 is 15.4 Å². The van der Waals surface area contributed by atoms with Crippen molar-refractivity contribution in [2.75, 3.05) is 18.8 Å². The van der Waals surface area contributed by atoms with Crippen LogP contribution in [0.5, 0.6) is 5.75 Å². The summed E-state index contributed by atoms with van der Waals surface area (Å²) in [5.74, 6) is 0.298. The van der Waals surface area contributed by atoms with Gasteiger partial charge in [0.2, 0.25) is 0 Å². The van der Waals surface area contributed by atoms with E-state index in [1.807, 2.05) is 6.92 Å². The lowest BCUT2D eigenvalue weighted by atomic mass is 10.2. The van der Waals surface area contributed by atoms with Crippen LogP contribution in [0.25, 0.3) is 0 Å². The molecule has 11 heteroatoms. The number of benzene rings is 1. The first-order valence-corrected chi connectivity index (χ1v) is 10.5.